The number of nitrogens with one attached hydrogen (secondary N) is 1. The van der Waals surface area contributed by atoms with E-state index in [1.807, 2.05) is 17.1 Å². The van der Waals surface area contributed by atoms with Crippen LogP contribution < -0.4 is 5.32 Å². The summed E-state index contributed by atoms with van der Waals surface area (Å²) in [6.07, 6.45) is 12.9. The van der Waals surface area contributed by atoms with Crippen LogP contribution >= 0.6 is 0 Å². The molecule has 0 radical (unpaired) electrons. The number of nitrogens with zero attached hydrogens (tertiary/aromatic N) is 4. The summed E-state index contributed by atoms with van der Waals surface area (Å²) in [7, 11) is 0. The van der Waals surface area contributed by atoms with E-state index in [4.69, 9.17) is 9.72 Å². The molecule has 0 aliphatic carbocycles. The Morgan fingerprint density at radius 2 is 2.26 bits per heavy atom. The molecule has 3 atom stereocenters. The summed E-state index contributed by atoms with van der Waals surface area (Å²) in [6.45, 7) is 5.25. The zero-order valence-electron chi connectivity index (χ0n) is 15.8. The van der Waals surface area contributed by atoms with Crippen LogP contribution in [0.5, 0.6) is 0 Å². The van der Waals surface area contributed by atoms with Gasteiger partial charge in [-0.3, -0.25) is 4.98 Å². The Balaban J connectivity index is 1.36. The molecule has 3 aromatic rings. The molecule has 0 bridgehead atoms. The van der Waals surface area contributed by atoms with Crippen molar-refractivity contribution in [3.05, 3.63) is 36.9 Å². The highest BCUT2D eigenvalue weighted by Gasteiger charge is 2.21. The van der Waals surface area contributed by atoms with E-state index >= 15 is 0 Å². The first kappa shape index (κ1) is 17.0. The number of ether oxygens (including phenoxy) is 1. The molecule has 142 valence electrons. The number of pyridine rings is 1. The van der Waals surface area contributed by atoms with Gasteiger partial charge in [0.1, 0.15) is 6.23 Å². The van der Waals surface area contributed by atoms with E-state index in [1.165, 1.54) is 23.7 Å². The topological polar surface area (TPSA) is 56.9 Å². The van der Waals surface area contributed by atoms with E-state index in [-0.39, 0.29) is 6.23 Å². The van der Waals surface area contributed by atoms with E-state index in [1.54, 1.807) is 0 Å². The minimum absolute atomic E-state index is 0.0692. The van der Waals surface area contributed by atoms with Crippen molar-refractivity contribution in [1.29, 1.82) is 0 Å². The van der Waals surface area contributed by atoms with Crippen LogP contribution in [0.3, 0.4) is 0 Å². The predicted molar refractivity (Wildman–Crippen MR) is 105 cm³/mol. The third-order valence-corrected chi connectivity index (χ3v) is 5.90. The fourth-order valence-corrected chi connectivity index (χ4v) is 4.42. The van der Waals surface area contributed by atoms with Crippen LogP contribution in [0.4, 0.5) is 0 Å². The molecule has 2 saturated heterocycles. The van der Waals surface area contributed by atoms with Crippen molar-refractivity contribution in [2.24, 2.45) is 5.92 Å². The predicted octanol–water partition coefficient (Wildman–Crippen LogP) is 3.60. The molecule has 0 aromatic carbocycles. The van der Waals surface area contributed by atoms with Crippen molar-refractivity contribution in [3.63, 3.8) is 0 Å². The molecule has 5 rings (SSSR count). The first-order valence-corrected chi connectivity index (χ1v) is 10.1. The molecule has 6 heteroatoms. The Kier molecular flexibility index (Phi) is 4.45. The van der Waals surface area contributed by atoms with Crippen LogP contribution in [0.2, 0.25) is 0 Å². The summed E-state index contributed by atoms with van der Waals surface area (Å²) >= 11 is 0. The number of rotatable bonds is 4. The van der Waals surface area contributed by atoms with Gasteiger partial charge in [0.2, 0.25) is 0 Å². The Morgan fingerprint density at radius 3 is 3.07 bits per heavy atom. The number of fused-ring (bicyclic) bond motifs is 1. The van der Waals surface area contributed by atoms with Gasteiger partial charge in [-0.1, -0.05) is 0 Å². The first-order valence-electron chi connectivity index (χ1n) is 10.1. The maximum atomic E-state index is 5.83. The van der Waals surface area contributed by atoms with E-state index < -0.39 is 0 Å². The minimum Gasteiger partial charge on any atom is -0.357 e. The van der Waals surface area contributed by atoms with E-state index in [0.29, 0.717) is 12.0 Å². The smallest absolute Gasteiger partial charge is 0.150 e. The lowest BCUT2D eigenvalue weighted by molar-refractivity contribution is -0.0394. The van der Waals surface area contributed by atoms with Gasteiger partial charge in [-0.15, -0.1) is 0 Å². The quantitative estimate of drug-likeness (QED) is 0.768. The van der Waals surface area contributed by atoms with Crippen molar-refractivity contribution in [1.82, 2.24) is 24.6 Å². The average molecular weight is 365 g/mol. The molecule has 3 aromatic heterocycles. The molecule has 3 unspecified atom stereocenters. The van der Waals surface area contributed by atoms with E-state index in [0.717, 1.165) is 43.8 Å². The second-order valence-electron chi connectivity index (χ2n) is 8.04. The molecule has 2 fully saturated rings. The molecular formula is C21H27N5O. The lowest BCUT2D eigenvalue weighted by Gasteiger charge is -2.22. The van der Waals surface area contributed by atoms with Gasteiger partial charge >= 0.3 is 0 Å². The summed E-state index contributed by atoms with van der Waals surface area (Å²) in [5.74, 6) is 0.698. The van der Waals surface area contributed by atoms with Crippen molar-refractivity contribution >= 4 is 10.9 Å². The Hall–Kier alpha value is -2.18. The Labute approximate surface area is 159 Å². The molecule has 0 amide bonds. The van der Waals surface area contributed by atoms with Crippen LogP contribution in [-0.2, 0) is 11.3 Å². The molecule has 1 N–H and O–H groups in total. The van der Waals surface area contributed by atoms with Crippen molar-refractivity contribution in [2.75, 3.05) is 13.2 Å². The summed E-state index contributed by atoms with van der Waals surface area (Å²) < 4.78 is 10.1. The Morgan fingerprint density at radius 1 is 1.30 bits per heavy atom. The molecule has 6 nitrogen and oxygen atoms in total. The Bertz CT molecular complexity index is 924. The molecule has 5 heterocycles. The van der Waals surface area contributed by atoms with E-state index in [9.17, 15) is 0 Å². The van der Waals surface area contributed by atoms with E-state index in [2.05, 4.69) is 46.4 Å². The highest BCUT2D eigenvalue weighted by Crippen LogP contribution is 2.27. The third-order valence-electron chi connectivity index (χ3n) is 5.90. The normalized spacial score (nSPS) is 26.0. The fraction of sp³-hybridized carbons (Fsp3) is 0.524. The van der Waals surface area contributed by atoms with Gasteiger partial charge in [0.15, 0.2) is 0 Å². The first-order chi connectivity index (χ1) is 13.3. The zero-order valence-corrected chi connectivity index (χ0v) is 15.8. The second kappa shape index (κ2) is 7.09. The van der Waals surface area contributed by atoms with Crippen molar-refractivity contribution in [2.45, 2.75) is 51.4 Å². The molecule has 2 aliphatic heterocycles. The van der Waals surface area contributed by atoms with Gasteiger partial charge in [0.25, 0.3) is 0 Å². The van der Waals surface area contributed by atoms with Gasteiger partial charge in [-0.05, 0) is 57.2 Å². The molecule has 2 aliphatic rings. The van der Waals surface area contributed by atoms with Crippen molar-refractivity contribution in [3.8, 4) is 11.3 Å². The zero-order chi connectivity index (χ0) is 18.2. The van der Waals surface area contributed by atoms with Crippen LogP contribution in [0.25, 0.3) is 22.2 Å². The monoisotopic (exact) mass is 365 g/mol. The molecule has 27 heavy (non-hydrogen) atoms. The highest BCUT2D eigenvalue weighted by atomic mass is 16.5. The SMILES string of the molecule is CC1CC(Cn2ccc3cc(-c4cnn(C5CCCCO5)c4)ncc32)CN1. The largest absolute Gasteiger partial charge is 0.357 e. The van der Waals surface area contributed by atoms with Gasteiger partial charge in [-0.25, -0.2) is 4.68 Å². The standard InChI is InChI=1S/C21H27N5O/c1-15-8-16(10-22-15)13-25-6-5-17-9-19(23-12-20(17)25)18-11-24-26(14-18)21-4-2-3-7-27-21/h5-6,9,11-12,14-16,21-22H,2-4,7-8,10,13H2,1H3. The fourth-order valence-electron chi connectivity index (χ4n) is 4.42. The second-order valence-corrected chi connectivity index (χ2v) is 8.04. The van der Waals surface area contributed by atoms with Crippen LogP contribution in [-0.4, -0.2) is 38.5 Å². The lowest BCUT2D eigenvalue weighted by atomic mass is 10.1. The summed E-state index contributed by atoms with van der Waals surface area (Å²) in [6, 6.07) is 5.00. The van der Waals surface area contributed by atoms with Crippen LogP contribution in [0.15, 0.2) is 36.9 Å². The van der Waals surface area contributed by atoms with Crippen molar-refractivity contribution < 1.29 is 4.74 Å². The van der Waals surface area contributed by atoms with Gasteiger partial charge < -0.3 is 14.6 Å². The van der Waals surface area contributed by atoms with Gasteiger partial charge in [0, 0.05) is 42.5 Å². The molecule has 0 saturated carbocycles. The third kappa shape index (κ3) is 3.39. The van der Waals surface area contributed by atoms with Crippen LogP contribution in [0.1, 0.15) is 38.8 Å². The maximum absolute atomic E-state index is 5.83. The lowest BCUT2D eigenvalue weighted by Crippen LogP contribution is -2.18. The number of hydrogen-bond donors (Lipinski definition) is 1. The molecule has 0 spiro atoms. The highest BCUT2D eigenvalue weighted by molar-refractivity contribution is 5.83. The van der Waals surface area contributed by atoms with Crippen LogP contribution in [0, 0.1) is 5.92 Å². The number of hydrogen-bond acceptors (Lipinski definition) is 4. The summed E-state index contributed by atoms with van der Waals surface area (Å²) in [5.41, 5.74) is 3.23. The minimum atomic E-state index is 0.0692. The molecular weight excluding hydrogens is 338 g/mol. The van der Waals surface area contributed by atoms with Gasteiger partial charge in [-0.2, -0.15) is 5.10 Å². The maximum Gasteiger partial charge on any atom is 0.150 e. The van der Waals surface area contributed by atoms with Gasteiger partial charge in [0.05, 0.1) is 23.6 Å². The summed E-state index contributed by atoms with van der Waals surface area (Å²) in [5, 5.41) is 9.29. The summed E-state index contributed by atoms with van der Waals surface area (Å²) in [4.78, 5) is 4.73. The average Bonchev–Trinajstić information content (AvgIpc) is 3.43. The number of aromatic nitrogens is 4.